The highest BCUT2D eigenvalue weighted by atomic mass is 35.5. The highest BCUT2D eigenvalue weighted by Crippen LogP contribution is 2.30. The van der Waals surface area contributed by atoms with Crippen LogP contribution in [0.25, 0.3) is 0 Å². The Kier molecular flexibility index (Phi) is 9.48. The fourth-order valence-electron chi connectivity index (χ4n) is 5.03. The molecule has 2 atom stereocenters. The minimum Gasteiger partial charge on any atom is -0.480 e. The molecule has 0 aromatic heterocycles. The van der Waals surface area contributed by atoms with Crippen LogP contribution in [0.4, 0.5) is 5.69 Å². The fraction of sp³-hybridized carbons (Fsp3) is 0.429. The van der Waals surface area contributed by atoms with E-state index in [0.29, 0.717) is 37.1 Å². The van der Waals surface area contributed by atoms with Crippen LogP contribution in [-0.2, 0) is 25.5 Å². The smallest absolute Gasteiger partial charge is 0.326 e. The van der Waals surface area contributed by atoms with Gasteiger partial charge in [-0.15, -0.1) is 0 Å². The van der Waals surface area contributed by atoms with E-state index in [1.165, 1.54) is 0 Å². The third kappa shape index (κ3) is 7.09. The number of carbonyl (C=O) groups excluding carboxylic acids is 3. The molecule has 2 aliphatic rings. The van der Waals surface area contributed by atoms with Crippen molar-refractivity contribution in [2.75, 3.05) is 11.9 Å². The van der Waals surface area contributed by atoms with Gasteiger partial charge in [-0.1, -0.05) is 60.7 Å². The van der Waals surface area contributed by atoms with Gasteiger partial charge in [0.1, 0.15) is 17.7 Å². The van der Waals surface area contributed by atoms with Crippen LogP contribution in [-0.4, -0.2) is 53.1 Å². The summed E-state index contributed by atoms with van der Waals surface area (Å²) in [7, 11) is 0. The second-order valence-electron chi connectivity index (χ2n) is 9.95. The Labute approximate surface area is 236 Å². The van der Waals surface area contributed by atoms with Crippen LogP contribution in [0.1, 0.15) is 60.9 Å². The zero-order valence-electron chi connectivity index (χ0n) is 21.3. The molecular formula is C28H31Cl2N3O6. The first-order valence-electron chi connectivity index (χ1n) is 13.0. The predicted octanol–water partition coefficient (Wildman–Crippen LogP) is 4.36. The molecule has 1 aliphatic carbocycles. The number of amides is 3. The fourth-order valence-corrected chi connectivity index (χ4v) is 5.60. The van der Waals surface area contributed by atoms with Crippen molar-refractivity contribution in [2.45, 2.75) is 69.1 Å². The number of rotatable bonds is 9. The Hall–Kier alpha value is -3.14. The molecule has 2 aromatic rings. The van der Waals surface area contributed by atoms with Gasteiger partial charge in [0.25, 0.3) is 5.91 Å². The first-order chi connectivity index (χ1) is 18.7. The largest absolute Gasteiger partial charge is 0.480 e. The molecule has 39 heavy (non-hydrogen) atoms. The molecule has 4 rings (SSSR count). The van der Waals surface area contributed by atoms with Gasteiger partial charge in [-0.05, 0) is 55.5 Å². The van der Waals surface area contributed by atoms with Gasteiger partial charge in [0, 0.05) is 18.7 Å². The molecule has 11 heteroatoms. The van der Waals surface area contributed by atoms with E-state index in [0.717, 1.165) is 25.7 Å². The lowest BCUT2D eigenvalue weighted by Gasteiger charge is -2.38. The number of carboxylic acid groups (broad SMARTS) is 1. The molecule has 2 aromatic carbocycles. The monoisotopic (exact) mass is 575 g/mol. The number of ether oxygens (including phenoxy) is 1. The summed E-state index contributed by atoms with van der Waals surface area (Å²) in [5.41, 5.74) is 0.0938. The normalized spacial score (nSPS) is 19.1. The van der Waals surface area contributed by atoms with Crippen LogP contribution in [0.5, 0.6) is 0 Å². The van der Waals surface area contributed by atoms with Gasteiger partial charge in [0.05, 0.1) is 15.6 Å². The van der Waals surface area contributed by atoms with Gasteiger partial charge in [-0.3, -0.25) is 14.4 Å². The number of benzene rings is 2. The molecule has 1 saturated heterocycles. The van der Waals surface area contributed by atoms with Crippen molar-refractivity contribution >= 4 is 52.6 Å². The number of carboxylic acids is 1. The van der Waals surface area contributed by atoms with Gasteiger partial charge in [-0.25, -0.2) is 4.79 Å². The maximum absolute atomic E-state index is 13.4. The number of nitrogens with one attached hydrogen (secondary N) is 3. The van der Waals surface area contributed by atoms with Crippen molar-refractivity contribution in [3.63, 3.8) is 0 Å². The summed E-state index contributed by atoms with van der Waals surface area (Å²) in [6.45, 7) is 0.509. The van der Waals surface area contributed by atoms with E-state index >= 15 is 0 Å². The van der Waals surface area contributed by atoms with Crippen molar-refractivity contribution in [2.24, 2.45) is 0 Å². The SMILES string of the molecule is O=C(Nc1ccc(C[C@H](NC(=O)C2(NC(=O)C3CCCO3)CCCCC2)C(=O)O)cc1)c1c(Cl)cccc1Cl. The summed E-state index contributed by atoms with van der Waals surface area (Å²) >= 11 is 12.2. The van der Waals surface area contributed by atoms with Gasteiger partial charge < -0.3 is 25.8 Å². The van der Waals surface area contributed by atoms with Crippen molar-refractivity contribution in [1.82, 2.24) is 10.6 Å². The van der Waals surface area contributed by atoms with Crippen molar-refractivity contribution in [3.05, 3.63) is 63.6 Å². The average Bonchev–Trinajstić information content (AvgIpc) is 3.45. The zero-order valence-corrected chi connectivity index (χ0v) is 22.8. The minimum atomic E-state index is -1.21. The van der Waals surface area contributed by atoms with Gasteiger partial charge in [0.15, 0.2) is 0 Å². The molecule has 0 bridgehead atoms. The van der Waals surface area contributed by atoms with Crippen molar-refractivity contribution in [1.29, 1.82) is 0 Å². The number of aliphatic carboxylic acids is 1. The quantitative estimate of drug-likeness (QED) is 0.351. The lowest BCUT2D eigenvalue weighted by Crippen LogP contribution is -2.63. The van der Waals surface area contributed by atoms with E-state index in [9.17, 15) is 24.3 Å². The molecular weight excluding hydrogens is 545 g/mol. The van der Waals surface area contributed by atoms with Gasteiger partial charge in [0.2, 0.25) is 11.8 Å². The third-order valence-electron chi connectivity index (χ3n) is 7.17. The molecule has 1 heterocycles. The Morgan fingerprint density at radius 1 is 0.974 bits per heavy atom. The second-order valence-corrected chi connectivity index (χ2v) is 10.8. The topological polar surface area (TPSA) is 134 Å². The van der Waals surface area contributed by atoms with E-state index in [1.807, 2.05) is 0 Å². The molecule has 0 spiro atoms. The zero-order chi connectivity index (χ0) is 28.0. The summed E-state index contributed by atoms with van der Waals surface area (Å²) in [6.07, 6.45) is 4.14. The van der Waals surface area contributed by atoms with E-state index in [2.05, 4.69) is 16.0 Å². The summed E-state index contributed by atoms with van der Waals surface area (Å²) in [4.78, 5) is 50.9. The molecule has 9 nitrogen and oxygen atoms in total. The van der Waals surface area contributed by atoms with Crippen LogP contribution < -0.4 is 16.0 Å². The van der Waals surface area contributed by atoms with E-state index < -0.39 is 35.5 Å². The molecule has 1 saturated carbocycles. The Morgan fingerprint density at radius 3 is 2.23 bits per heavy atom. The van der Waals surface area contributed by atoms with Crippen LogP contribution in [0.2, 0.25) is 10.0 Å². The second kappa shape index (κ2) is 12.8. The summed E-state index contributed by atoms with van der Waals surface area (Å²) < 4.78 is 5.47. The maximum Gasteiger partial charge on any atom is 0.326 e. The molecule has 0 radical (unpaired) electrons. The Balaban J connectivity index is 1.42. The first-order valence-corrected chi connectivity index (χ1v) is 13.8. The molecule has 2 fully saturated rings. The van der Waals surface area contributed by atoms with Crippen molar-refractivity contribution in [3.8, 4) is 0 Å². The predicted molar refractivity (Wildman–Crippen MR) is 147 cm³/mol. The van der Waals surface area contributed by atoms with E-state index in [4.69, 9.17) is 27.9 Å². The maximum atomic E-state index is 13.4. The van der Waals surface area contributed by atoms with Gasteiger partial charge >= 0.3 is 5.97 Å². The number of hydrogen-bond donors (Lipinski definition) is 4. The number of carbonyl (C=O) groups is 4. The van der Waals surface area contributed by atoms with E-state index in [-0.39, 0.29) is 27.9 Å². The molecule has 4 N–H and O–H groups in total. The van der Waals surface area contributed by atoms with Crippen LogP contribution in [0.15, 0.2) is 42.5 Å². The number of anilines is 1. The third-order valence-corrected chi connectivity index (χ3v) is 7.80. The Bertz CT molecular complexity index is 1200. The van der Waals surface area contributed by atoms with Crippen LogP contribution >= 0.6 is 23.2 Å². The van der Waals surface area contributed by atoms with Crippen LogP contribution in [0, 0.1) is 0 Å². The molecule has 1 aliphatic heterocycles. The Morgan fingerprint density at radius 2 is 1.64 bits per heavy atom. The summed E-state index contributed by atoms with van der Waals surface area (Å²) in [5, 5.41) is 18.6. The van der Waals surface area contributed by atoms with Gasteiger partial charge in [-0.2, -0.15) is 0 Å². The number of hydrogen-bond acceptors (Lipinski definition) is 5. The highest BCUT2D eigenvalue weighted by Gasteiger charge is 2.43. The minimum absolute atomic E-state index is 0.0153. The number of halogens is 2. The summed E-state index contributed by atoms with van der Waals surface area (Å²) in [6, 6.07) is 10.2. The molecule has 1 unspecified atom stereocenters. The first kappa shape index (κ1) is 28.9. The lowest BCUT2D eigenvalue weighted by atomic mass is 9.80. The average molecular weight is 576 g/mol. The van der Waals surface area contributed by atoms with Crippen LogP contribution in [0.3, 0.4) is 0 Å². The molecule has 208 valence electrons. The van der Waals surface area contributed by atoms with Crippen molar-refractivity contribution < 1.29 is 29.0 Å². The standard InChI is InChI=1S/C28H31Cl2N3O6/c29-19-6-4-7-20(30)23(19)25(35)31-18-11-9-17(10-12-18)16-21(26(36)37)32-27(38)28(13-2-1-3-14-28)33-24(34)22-8-5-15-39-22/h4,6-7,9-12,21-22H,1-3,5,8,13-16H2,(H,31,35)(H,32,38)(H,33,34)(H,36,37)/t21-,22?/m0/s1. The highest BCUT2D eigenvalue weighted by molar-refractivity contribution is 6.40. The lowest BCUT2D eigenvalue weighted by molar-refractivity contribution is -0.144. The summed E-state index contributed by atoms with van der Waals surface area (Å²) in [5.74, 6) is -2.49. The van der Waals surface area contributed by atoms with E-state index in [1.54, 1.807) is 42.5 Å². The molecule has 3 amide bonds.